The van der Waals surface area contributed by atoms with Crippen LogP contribution in [0.15, 0.2) is 0 Å². The zero-order chi connectivity index (χ0) is 3.58. The van der Waals surface area contributed by atoms with Crippen molar-refractivity contribution >= 4 is 24.8 Å². The quantitative estimate of drug-likeness (QED) is 0.482. The lowest BCUT2D eigenvalue weighted by Crippen LogP contribution is -1.69. The second kappa shape index (κ2) is 9.06. The van der Waals surface area contributed by atoms with Crippen LogP contribution in [0, 0.1) is 0 Å². The van der Waals surface area contributed by atoms with Crippen molar-refractivity contribution in [1.29, 1.82) is 0 Å². The summed E-state index contributed by atoms with van der Waals surface area (Å²) in [6, 6.07) is 0. The van der Waals surface area contributed by atoms with E-state index in [4.69, 9.17) is 0 Å². The average molecular weight is 139 g/mol. The van der Waals surface area contributed by atoms with Gasteiger partial charge in [0.2, 0.25) is 6.43 Å². The lowest BCUT2D eigenvalue weighted by Gasteiger charge is -1.70. The Kier molecular flexibility index (Phi) is 24.3. The smallest absolute Gasteiger partial charge is 0.211 e. The highest BCUT2D eigenvalue weighted by molar-refractivity contribution is 5.85. The van der Waals surface area contributed by atoms with Crippen molar-refractivity contribution in [3.05, 3.63) is 0 Å². The number of halogens is 4. The van der Waals surface area contributed by atoms with E-state index in [0.717, 1.165) is 6.92 Å². The van der Waals surface area contributed by atoms with Gasteiger partial charge >= 0.3 is 0 Å². The fourth-order valence-electron chi connectivity index (χ4n) is 0. The molecule has 0 saturated carbocycles. The molecule has 0 unspecified atom stereocenters. The lowest BCUT2D eigenvalue weighted by atomic mass is 10.9. The Hall–Kier alpha value is 0.440. The van der Waals surface area contributed by atoms with Crippen molar-refractivity contribution in [2.45, 2.75) is 13.3 Å². The van der Waals surface area contributed by atoms with E-state index in [0.29, 0.717) is 0 Å². The zero-order valence-corrected chi connectivity index (χ0v) is 4.78. The maximum Gasteiger partial charge on any atom is 0.235 e. The summed E-state index contributed by atoms with van der Waals surface area (Å²) < 4.78 is 20.7. The first kappa shape index (κ1) is 16.1. The molecule has 0 aliphatic heterocycles. The SMILES string of the molecule is CC(F)F.Cl.Cl. The van der Waals surface area contributed by atoms with Gasteiger partial charge in [0.25, 0.3) is 0 Å². The van der Waals surface area contributed by atoms with Gasteiger partial charge in [0.1, 0.15) is 0 Å². The molecule has 0 rings (SSSR count). The molecule has 0 N–H and O–H groups in total. The summed E-state index contributed by atoms with van der Waals surface area (Å²) in [5.41, 5.74) is 0. The van der Waals surface area contributed by atoms with Crippen molar-refractivity contribution in [2.24, 2.45) is 0 Å². The summed E-state index contributed by atoms with van der Waals surface area (Å²) >= 11 is 0. The molecule has 0 aromatic carbocycles. The normalized spacial score (nSPS) is 6.00. The van der Waals surface area contributed by atoms with Crippen LogP contribution in [-0.2, 0) is 0 Å². The molecular formula is C2H6Cl2F2. The summed E-state index contributed by atoms with van der Waals surface area (Å²) in [5.74, 6) is 0. The zero-order valence-electron chi connectivity index (χ0n) is 3.15. The summed E-state index contributed by atoms with van der Waals surface area (Å²) in [5, 5.41) is 0. The minimum absolute atomic E-state index is 0. The van der Waals surface area contributed by atoms with Gasteiger partial charge in [-0.05, 0) is 6.92 Å². The van der Waals surface area contributed by atoms with E-state index < -0.39 is 6.43 Å². The largest absolute Gasteiger partial charge is 0.235 e. The minimum Gasteiger partial charge on any atom is -0.211 e. The molecule has 4 heteroatoms. The molecule has 0 nitrogen and oxygen atoms in total. The van der Waals surface area contributed by atoms with E-state index in [9.17, 15) is 8.78 Å². The second-order valence-electron chi connectivity index (χ2n) is 0.519. The average Bonchev–Trinajstić information content (AvgIpc) is 0.811. The Labute approximate surface area is 47.7 Å². The first-order chi connectivity index (χ1) is 1.73. The summed E-state index contributed by atoms with van der Waals surface area (Å²) in [4.78, 5) is 0. The van der Waals surface area contributed by atoms with Crippen LogP contribution >= 0.6 is 24.8 Å². The molecule has 0 heterocycles. The van der Waals surface area contributed by atoms with E-state index >= 15 is 0 Å². The van der Waals surface area contributed by atoms with Gasteiger partial charge in [-0.25, -0.2) is 8.78 Å². The summed E-state index contributed by atoms with van der Waals surface area (Å²) in [7, 11) is 0. The third-order valence-electron chi connectivity index (χ3n) is 0. The third kappa shape index (κ3) is 271. The van der Waals surface area contributed by atoms with Gasteiger partial charge in [0, 0.05) is 0 Å². The second-order valence-corrected chi connectivity index (χ2v) is 0.519. The van der Waals surface area contributed by atoms with Gasteiger partial charge in [0.05, 0.1) is 0 Å². The fraction of sp³-hybridized carbons (Fsp3) is 1.00. The molecule has 0 aliphatic rings. The Balaban J connectivity index is -0.0000000450. The van der Waals surface area contributed by atoms with E-state index in [1.165, 1.54) is 0 Å². The maximum absolute atomic E-state index is 10.3. The molecule has 0 bridgehead atoms. The molecule has 6 heavy (non-hydrogen) atoms. The van der Waals surface area contributed by atoms with Crippen LogP contribution in [0.25, 0.3) is 0 Å². The van der Waals surface area contributed by atoms with Gasteiger partial charge in [-0.1, -0.05) is 0 Å². The van der Waals surface area contributed by atoms with Gasteiger partial charge in [-0.15, -0.1) is 24.8 Å². The molecule has 0 fully saturated rings. The first-order valence-electron chi connectivity index (χ1n) is 1.01. The van der Waals surface area contributed by atoms with Crippen molar-refractivity contribution in [3.63, 3.8) is 0 Å². The highest BCUT2D eigenvalue weighted by atomic mass is 35.5. The molecule has 0 atom stereocenters. The first-order valence-corrected chi connectivity index (χ1v) is 1.01. The Morgan fingerprint density at radius 1 is 1.17 bits per heavy atom. The molecular weight excluding hydrogens is 133 g/mol. The van der Waals surface area contributed by atoms with Crippen LogP contribution in [0.1, 0.15) is 6.92 Å². The van der Waals surface area contributed by atoms with Gasteiger partial charge < -0.3 is 0 Å². The fourth-order valence-corrected chi connectivity index (χ4v) is 0. The standard InChI is InChI=1S/C2H4F2.2ClH/c1-2(3)4;;/h2H,1H3;2*1H. The summed E-state index contributed by atoms with van der Waals surface area (Å²) in [6.45, 7) is 0.833. The number of hydrogen-bond donors (Lipinski definition) is 0. The monoisotopic (exact) mass is 138 g/mol. The number of alkyl halides is 2. The van der Waals surface area contributed by atoms with Gasteiger partial charge in [-0.3, -0.25) is 0 Å². The van der Waals surface area contributed by atoms with Gasteiger partial charge in [-0.2, -0.15) is 0 Å². The van der Waals surface area contributed by atoms with Crippen molar-refractivity contribution in [3.8, 4) is 0 Å². The van der Waals surface area contributed by atoms with Gasteiger partial charge in [0.15, 0.2) is 0 Å². The van der Waals surface area contributed by atoms with Crippen molar-refractivity contribution in [1.82, 2.24) is 0 Å². The maximum atomic E-state index is 10.3. The molecule has 0 saturated heterocycles. The van der Waals surface area contributed by atoms with Crippen LogP contribution in [0.4, 0.5) is 8.78 Å². The van der Waals surface area contributed by atoms with Crippen molar-refractivity contribution in [2.75, 3.05) is 0 Å². The predicted molar refractivity (Wildman–Crippen MR) is 26.2 cm³/mol. The molecule has 0 amide bonds. The Morgan fingerprint density at radius 3 is 1.17 bits per heavy atom. The van der Waals surface area contributed by atoms with E-state index in [2.05, 4.69) is 0 Å². The summed E-state index contributed by atoms with van der Waals surface area (Å²) in [6.07, 6.45) is -2.17. The van der Waals surface area contributed by atoms with Crippen LogP contribution < -0.4 is 0 Å². The highest BCUT2D eigenvalue weighted by Gasteiger charge is 1.79. The molecule has 0 radical (unpaired) electrons. The molecule has 0 aromatic heterocycles. The van der Waals surface area contributed by atoms with E-state index in [-0.39, 0.29) is 24.8 Å². The number of rotatable bonds is 0. The minimum atomic E-state index is -2.17. The molecule has 0 aliphatic carbocycles. The predicted octanol–water partition coefficient (Wildman–Crippen LogP) is 2.12. The topological polar surface area (TPSA) is 0 Å². The Bertz CT molecular complexity index is 14.3. The Morgan fingerprint density at radius 2 is 1.17 bits per heavy atom. The molecule has 0 aromatic rings. The van der Waals surface area contributed by atoms with Crippen LogP contribution in [0.5, 0.6) is 0 Å². The van der Waals surface area contributed by atoms with E-state index in [1.807, 2.05) is 0 Å². The van der Waals surface area contributed by atoms with Crippen LogP contribution in [0.3, 0.4) is 0 Å². The highest BCUT2D eigenvalue weighted by Crippen LogP contribution is 1.82. The lowest BCUT2D eigenvalue weighted by molar-refractivity contribution is 0.171. The third-order valence-corrected chi connectivity index (χ3v) is 0. The molecule has 42 valence electrons. The number of hydrogen-bond acceptors (Lipinski definition) is 0. The van der Waals surface area contributed by atoms with E-state index in [1.54, 1.807) is 0 Å². The van der Waals surface area contributed by atoms with Crippen LogP contribution in [0.2, 0.25) is 0 Å². The molecule has 0 spiro atoms. The van der Waals surface area contributed by atoms with Crippen LogP contribution in [-0.4, -0.2) is 6.43 Å². The van der Waals surface area contributed by atoms with Crippen molar-refractivity contribution < 1.29 is 8.78 Å².